The Morgan fingerprint density at radius 1 is 0.461 bits per heavy atom. The van der Waals surface area contributed by atoms with Crippen molar-refractivity contribution in [2.75, 3.05) is 0 Å². The maximum atomic E-state index is 15.1. The van der Waals surface area contributed by atoms with Gasteiger partial charge in [-0.05, 0) is 55.8 Å². The second-order valence-electron chi connectivity index (χ2n) is 22.2. The predicted octanol–water partition coefficient (Wildman–Crippen LogP) is 2.80. The third kappa shape index (κ3) is 6.89. The molecule has 25 nitrogen and oxygen atoms in total. The van der Waals surface area contributed by atoms with E-state index in [1.165, 1.54) is 0 Å². The molecule has 0 aromatic heterocycles. The summed E-state index contributed by atoms with van der Waals surface area (Å²) in [6.07, 6.45) is -9.71. The van der Waals surface area contributed by atoms with Crippen molar-refractivity contribution in [1.82, 2.24) is 0 Å². The minimum Gasteiger partial charge on any atom is -0.453 e. The quantitative estimate of drug-likeness (QED) is 0.305. The molecule has 10 rings (SSSR count). The average Bonchev–Trinajstić information content (AvgIpc) is 3.58. The molecule has 9 atom stereocenters. The molecule has 1 unspecified atom stereocenters. The van der Waals surface area contributed by atoms with E-state index in [4.69, 9.17) is 56.8 Å². The second kappa shape index (κ2) is 17.7. The highest BCUT2D eigenvalue weighted by Gasteiger charge is 3.05. The van der Waals surface area contributed by atoms with Crippen molar-refractivity contribution < 1.29 is 119 Å². The van der Waals surface area contributed by atoms with Crippen LogP contribution < -0.4 is 0 Å². The van der Waals surface area contributed by atoms with Gasteiger partial charge >= 0.3 is 101 Å². The maximum absolute atomic E-state index is 15.1. The number of hydrogen-bond acceptors (Lipinski definition) is 25. The van der Waals surface area contributed by atoms with Crippen LogP contribution in [0.15, 0.2) is 11.3 Å². The van der Waals surface area contributed by atoms with Crippen molar-refractivity contribution in [2.45, 2.75) is 197 Å². The summed E-state index contributed by atoms with van der Waals surface area (Å²) in [5.74, 6) is -42.3. The van der Waals surface area contributed by atoms with E-state index in [0.717, 1.165) is 19.8 Å². The van der Waals surface area contributed by atoms with Crippen molar-refractivity contribution in [1.29, 1.82) is 0 Å². The topological polar surface area (TPSA) is 336 Å². The molecular formula is C51H58O25. The molecule has 1 N–H and O–H groups in total. The van der Waals surface area contributed by atoms with Gasteiger partial charge in [0.25, 0.3) is 0 Å². The molecule has 0 aromatic rings. The number of fused-ring (bicyclic) bond motifs is 5. The first-order valence-corrected chi connectivity index (χ1v) is 25.8. The van der Waals surface area contributed by atoms with Crippen LogP contribution in [0.1, 0.15) is 157 Å². The van der Waals surface area contributed by atoms with Gasteiger partial charge in [-0.25, -0.2) is 0 Å². The van der Waals surface area contributed by atoms with E-state index in [1.54, 1.807) is 0 Å². The van der Waals surface area contributed by atoms with Crippen LogP contribution in [-0.2, 0) is 114 Å². The van der Waals surface area contributed by atoms with E-state index in [1.807, 2.05) is 13.8 Å². The van der Waals surface area contributed by atoms with E-state index >= 15 is 9.59 Å². The van der Waals surface area contributed by atoms with E-state index in [-0.39, 0.29) is 31.1 Å². The van der Waals surface area contributed by atoms with Crippen molar-refractivity contribution in [3.8, 4) is 0 Å². The van der Waals surface area contributed by atoms with Crippen molar-refractivity contribution in [2.24, 2.45) is 34.5 Å². The molecule has 6 heterocycles. The van der Waals surface area contributed by atoms with Crippen LogP contribution in [0, 0.1) is 34.5 Å². The normalized spacial score (nSPS) is 38.1. The lowest BCUT2D eigenvalue weighted by molar-refractivity contribution is -0.541. The van der Waals surface area contributed by atoms with Crippen LogP contribution in [0.2, 0.25) is 0 Å². The third-order valence-corrected chi connectivity index (χ3v) is 17.6. The highest BCUT2D eigenvalue weighted by atomic mass is 16.9. The molecule has 4 aliphatic carbocycles. The fourth-order valence-electron chi connectivity index (χ4n) is 14.6. The Morgan fingerprint density at radius 2 is 0.868 bits per heavy atom. The number of carbonyl (C=O) groups excluding carboxylic acids is 12. The Labute approximate surface area is 432 Å². The number of aliphatic hydroxyl groups is 1. The van der Waals surface area contributed by atoms with Gasteiger partial charge in [-0.2, -0.15) is 0 Å². The zero-order valence-corrected chi connectivity index (χ0v) is 42.5. The fraction of sp³-hybridized carbons (Fsp3) is 0.725. The van der Waals surface area contributed by atoms with Crippen LogP contribution in [0.25, 0.3) is 0 Å². The molecule has 412 valence electrons. The van der Waals surface area contributed by atoms with Crippen molar-refractivity contribution >= 4 is 71.6 Å². The first-order valence-electron chi connectivity index (χ1n) is 25.8. The molecule has 8 fully saturated rings. The lowest BCUT2D eigenvalue weighted by atomic mass is 9.37. The van der Waals surface area contributed by atoms with E-state index in [9.17, 15) is 53.1 Å². The van der Waals surface area contributed by atoms with Gasteiger partial charge in [0.2, 0.25) is 11.4 Å². The number of hydrogen-bond donors (Lipinski definition) is 1. The van der Waals surface area contributed by atoms with Gasteiger partial charge in [-0.15, -0.1) is 0 Å². The highest BCUT2D eigenvalue weighted by molar-refractivity contribution is 5.89. The molecule has 3 saturated carbocycles. The van der Waals surface area contributed by atoms with Crippen LogP contribution in [0.4, 0.5) is 0 Å². The van der Waals surface area contributed by atoms with Gasteiger partial charge in [0, 0.05) is 5.92 Å². The van der Waals surface area contributed by atoms with Gasteiger partial charge < -0.3 is 61.9 Å². The van der Waals surface area contributed by atoms with E-state index in [2.05, 4.69) is 13.8 Å². The molecule has 0 aromatic carbocycles. The van der Waals surface area contributed by atoms with Crippen molar-refractivity contribution in [3.05, 3.63) is 11.3 Å². The molecule has 76 heavy (non-hydrogen) atoms. The van der Waals surface area contributed by atoms with Gasteiger partial charge in [-0.1, -0.05) is 47.0 Å². The van der Waals surface area contributed by atoms with Crippen LogP contribution >= 0.6 is 0 Å². The Balaban J connectivity index is 1.49. The Kier molecular flexibility index (Phi) is 12.3. The smallest absolute Gasteiger partial charge is 0.412 e. The molecule has 10 aliphatic rings. The molecule has 0 radical (unpaired) electrons. The Morgan fingerprint density at radius 3 is 1.36 bits per heavy atom. The summed E-state index contributed by atoms with van der Waals surface area (Å²) in [5, 5.41) is 14.2. The largest absolute Gasteiger partial charge is 0.453 e. The standard InChI is InChI=1S/C51H58O25/c1-25(2)7-6-8-26(3)27-9-10-28-43(27,4)23-24-45-44(5)41-42(48(70-34(57)15-16-35(58)71-48)46(28,45)67-31(54)14-13-30(53)66-45)65-29(52)11-12-32(55)68-47(41)49(64,72-36(59)18-17-33(56)69-47)51(75-39(62)21-22-40(63)76-51)50(44)73-37(60)19-20-38(61)74-50/h25-28,64H,6-24H2,1-5H3/t26-,27-,28+,43-,44-,45+,46+,47?,49+/m1/s1. The summed E-state index contributed by atoms with van der Waals surface area (Å²) < 4.78 is 75.7. The summed E-state index contributed by atoms with van der Waals surface area (Å²) in [6, 6.07) is 0. The minimum absolute atomic E-state index is 0.121. The SMILES string of the molecule is CC(C)CCC[C@@H](C)[C@H]1CC[C@H]2[C@]1(C)CC[C@@]13OC(=O)CCC(=O)O[C@@]21C1(OC(=O)CCC(=O)O1)C1=C2C4(OC(=O)CCC(=O)O1)OC(=O)CCC(=O)O[C@]4(O)C1(OC(=O)CCC(=O)O1)C1(OC(=O)CCC(=O)O1)[C@]23C. The van der Waals surface area contributed by atoms with Gasteiger partial charge in [-0.3, -0.25) is 57.5 Å². The van der Waals surface area contributed by atoms with Crippen LogP contribution in [0.5, 0.6) is 0 Å². The molecule has 25 heteroatoms. The minimum atomic E-state index is -4.63. The zero-order valence-electron chi connectivity index (χ0n) is 42.5. The molecular weight excluding hydrogens is 1010 g/mol. The Bertz CT molecular complexity index is 2650. The molecule has 6 aliphatic heterocycles. The summed E-state index contributed by atoms with van der Waals surface area (Å²) in [6.45, 7) is 8.85. The predicted molar refractivity (Wildman–Crippen MR) is 236 cm³/mol. The van der Waals surface area contributed by atoms with Crippen LogP contribution in [-0.4, -0.2) is 117 Å². The Hall–Kier alpha value is -6.66. The van der Waals surface area contributed by atoms with Gasteiger partial charge in [0.15, 0.2) is 5.60 Å². The zero-order chi connectivity index (χ0) is 54.8. The highest BCUT2D eigenvalue weighted by Crippen LogP contribution is 2.82. The summed E-state index contributed by atoms with van der Waals surface area (Å²) in [4.78, 5) is 177. The maximum Gasteiger partial charge on any atom is 0.412 e. The lowest BCUT2D eigenvalue weighted by Gasteiger charge is -2.75. The third-order valence-electron chi connectivity index (χ3n) is 17.6. The van der Waals surface area contributed by atoms with Gasteiger partial charge in [0.1, 0.15) is 5.41 Å². The second-order valence-corrected chi connectivity index (χ2v) is 22.2. The molecule has 0 amide bonds. The molecule has 0 bridgehead atoms. The van der Waals surface area contributed by atoms with Crippen LogP contribution in [0.3, 0.4) is 0 Å². The summed E-state index contributed by atoms with van der Waals surface area (Å²) >= 11 is 0. The molecule has 5 saturated heterocycles. The number of ether oxygens (including phenoxy) is 12. The lowest BCUT2D eigenvalue weighted by Crippen LogP contribution is -2.97. The average molecular weight is 1070 g/mol. The summed E-state index contributed by atoms with van der Waals surface area (Å²) in [5.41, 5.74) is -12.9. The fourth-order valence-corrected chi connectivity index (χ4v) is 14.6. The summed E-state index contributed by atoms with van der Waals surface area (Å²) in [7, 11) is 0. The number of esters is 12. The van der Waals surface area contributed by atoms with Gasteiger partial charge in [0.05, 0.1) is 82.6 Å². The van der Waals surface area contributed by atoms with Crippen molar-refractivity contribution in [3.63, 3.8) is 0 Å². The monoisotopic (exact) mass is 1070 g/mol. The van der Waals surface area contributed by atoms with E-state index in [0.29, 0.717) is 12.3 Å². The first-order chi connectivity index (χ1) is 35.7. The van der Waals surface area contributed by atoms with E-state index < -0.39 is 223 Å². The first kappa shape index (κ1) is 52.8. The molecule has 4 spiro atoms. The number of rotatable bonds is 5. The number of carbonyl (C=O) groups is 12.